The number of nitrogens with one attached hydrogen (secondary N) is 1. The lowest BCUT2D eigenvalue weighted by atomic mass is 10.2. The molecule has 0 saturated carbocycles. The average Bonchev–Trinajstić information content (AvgIpc) is 2.74. The summed E-state index contributed by atoms with van der Waals surface area (Å²) in [6.45, 7) is 2.02. The number of benzene rings is 1. The highest BCUT2D eigenvalue weighted by molar-refractivity contribution is 6.33. The SMILES string of the molecule is Cc1nc(CN(C)C(=O)c2ccc(F)cc2Cl)n[nH]1. The Bertz CT molecular complexity index is 614. The van der Waals surface area contributed by atoms with Gasteiger partial charge in [0, 0.05) is 7.05 Å². The van der Waals surface area contributed by atoms with Crippen molar-refractivity contribution in [2.24, 2.45) is 0 Å². The van der Waals surface area contributed by atoms with Crippen LogP contribution in [-0.2, 0) is 6.54 Å². The number of rotatable bonds is 3. The van der Waals surface area contributed by atoms with Crippen molar-refractivity contribution in [1.82, 2.24) is 20.1 Å². The highest BCUT2D eigenvalue weighted by Crippen LogP contribution is 2.19. The van der Waals surface area contributed by atoms with E-state index in [-0.39, 0.29) is 23.0 Å². The zero-order chi connectivity index (χ0) is 14.0. The Morgan fingerprint density at radius 3 is 2.84 bits per heavy atom. The summed E-state index contributed by atoms with van der Waals surface area (Å²) in [5.41, 5.74) is 0.248. The van der Waals surface area contributed by atoms with E-state index >= 15 is 0 Å². The Morgan fingerprint density at radius 2 is 2.26 bits per heavy atom. The number of halogens is 2. The minimum absolute atomic E-state index is 0.0861. The van der Waals surface area contributed by atoms with Crippen LogP contribution in [0.15, 0.2) is 18.2 Å². The lowest BCUT2D eigenvalue weighted by Crippen LogP contribution is -2.27. The van der Waals surface area contributed by atoms with Crippen LogP contribution in [0.5, 0.6) is 0 Å². The topological polar surface area (TPSA) is 61.9 Å². The van der Waals surface area contributed by atoms with E-state index in [9.17, 15) is 9.18 Å². The maximum atomic E-state index is 12.9. The number of amides is 1. The van der Waals surface area contributed by atoms with Gasteiger partial charge in [0.15, 0.2) is 5.82 Å². The number of nitrogens with zero attached hydrogens (tertiary/aromatic N) is 3. The number of H-pyrrole nitrogens is 1. The maximum Gasteiger partial charge on any atom is 0.255 e. The van der Waals surface area contributed by atoms with Crippen LogP contribution in [0, 0.1) is 12.7 Å². The molecule has 1 aromatic carbocycles. The molecule has 0 spiro atoms. The predicted molar refractivity (Wildman–Crippen MR) is 68.3 cm³/mol. The first-order chi connectivity index (χ1) is 8.97. The number of aromatic amines is 1. The molecule has 0 bridgehead atoms. The molecule has 0 atom stereocenters. The first kappa shape index (κ1) is 13.5. The minimum Gasteiger partial charge on any atom is -0.334 e. The Kier molecular flexibility index (Phi) is 3.80. The summed E-state index contributed by atoms with van der Waals surface area (Å²) in [6.07, 6.45) is 0. The molecule has 0 aliphatic rings. The number of hydrogen-bond acceptors (Lipinski definition) is 3. The molecule has 19 heavy (non-hydrogen) atoms. The zero-order valence-corrected chi connectivity index (χ0v) is 11.2. The lowest BCUT2D eigenvalue weighted by molar-refractivity contribution is 0.0782. The van der Waals surface area contributed by atoms with Crippen LogP contribution in [0.1, 0.15) is 22.0 Å². The molecule has 1 N–H and O–H groups in total. The van der Waals surface area contributed by atoms with Crippen molar-refractivity contribution in [3.8, 4) is 0 Å². The van der Waals surface area contributed by atoms with Crippen LogP contribution in [0.4, 0.5) is 4.39 Å². The number of aryl methyl sites for hydroxylation is 1. The number of hydrogen-bond donors (Lipinski definition) is 1. The summed E-state index contributed by atoms with van der Waals surface area (Å²) in [5, 5.41) is 6.73. The van der Waals surface area contributed by atoms with Gasteiger partial charge >= 0.3 is 0 Å². The van der Waals surface area contributed by atoms with Gasteiger partial charge in [0.1, 0.15) is 11.6 Å². The highest BCUT2D eigenvalue weighted by atomic mass is 35.5. The molecule has 2 aromatic rings. The molecule has 1 heterocycles. The molecular weight excluding hydrogens is 271 g/mol. The third-order valence-electron chi connectivity index (χ3n) is 2.53. The maximum absolute atomic E-state index is 12.9. The molecule has 100 valence electrons. The summed E-state index contributed by atoms with van der Waals surface area (Å²) in [6, 6.07) is 3.67. The van der Waals surface area contributed by atoms with E-state index in [1.54, 1.807) is 14.0 Å². The van der Waals surface area contributed by atoms with Crippen LogP contribution >= 0.6 is 11.6 Å². The van der Waals surface area contributed by atoms with Crippen LogP contribution in [-0.4, -0.2) is 33.0 Å². The second kappa shape index (κ2) is 5.36. The standard InChI is InChI=1S/C12H12ClFN4O/c1-7-15-11(17-16-7)6-18(2)12(19)9-4-3-8(14)5-10(9)13/h3-5H,6H2,1-2H3,(H,15,16,17). The van der Waals surface area contributed by atoms with Crippen molar-refractivity contribution in [3.05, 3.63) is 46.3 Å². The van der Waals surface area contributed by atoms with Crippen molar-refractivity contribution < 1.29 is 9.18 Å². The summed E-state index contributed by atoms with van der Waals surface area (Å²) < 4.78 is 12.9. The van der Waals surface area contributed by atoms with Crippen molar-refractivity contribution >= 4 is 17.5 Å². The van der Waals surface area contributed by atoms with Gasteiger partial charge in [-0.2, -0.15) is 5.10 Å². The van der Waals surface area contributed by atoms with Crippen LogP contribution < -0.4 is 0 Å². The summed E-state index contributed by atoms with van der Waals surface area (Å²) in [4.78, 5) is 17.7. The quantitative estimate of drug-likeness (QED) is 0.938. The Hall–Kier alpha value is -1.95. The van der Waals surface area contributed by atoms with Gasteiger partial charge in [-0.1, -0.05) is 11.6 Å². The van der Waals surface area contributed by atoms with E-state index in [1.807, 2.05) is 0 Å². The van der Waals surface area contributed by atoms with Gasteiger partial charge in [0.25, 0.3) is 5.91 Å². The fourth-order valence-corrected chi connectivity index (χ4v) is 1.86. The molecule has 0 saturated heterocycles. The van der Waals surface area contributed by atoms with Gasteiger partial charge < -0.3 is 4.90 Å². The lowest BCUT2D eigenvalue weighted by Gasteiger charge is -2.16. The summed E-state index contributed by atoms with van der Waals surface area (Å²) in [5.74, 6) is 0.392. The molecule has 2 rings (SSSR count). The second-order valence-electron chi connectivity index (χ2n) is 4.12. The predicted octanol–water partition coefficient (Wildman–Crippen LogP) is 2.18. The monoisotopic (exact) mass is 282 g/mol. The molecule has 7 heteroatoms. The molecule has 0 fully saturated rings. The van der Waals surface area contributed by atoms with E-state index in [4.69, 9.17) is 11.6 Å². The summed E-state index contributed by atoms with van der Waals surface area (Å²) in [7, 11) is 1.60. The first-order valence-corrected chi connectivity index (χ1v) is 5.93. The van der Waals surface area contributed by atoms with Gasteiger partial charge in [-0.05, 0) is 25.1 Å². The summed E-state index contributed by atoms with van der Waals surface area (Å²) >= 11 is 5.85. The van der Waals surface area contributed by atoms with Gasteiger partial charge in [0.05, 0.1) is 17.1 Å². The van der Waals surface area contributed by atoms with E-state index in [1.165, 1.54) is 17.0 Å². The molecule has 1 amide bonds. The van der Waals surface area contributed by atoms with E-state index in [0.717, 1.165) is 6.07 Å². The van der Waals surface area contributed by atoms with Crippen LogP contribution in [0.25, 0.3) is 0 Å². The van der Waals surface area contributed by atoms with Crippen molar-refractivity contribution in [3.63, 3.8) is 0 Å². The Labute approximate surface area is 114 Å². The van der Waals surface area contributed by atoms with Gasteiger partial charge in [0.2, 0.25) is 0 Å². The smallest absolute Gasteiger partial charge is 0.255 e. The fraction of sp³-hybridized carbons (Fsp3) is 0.250. The van der Waals surface area contributed by atoms with E-state index in [0.29, 0.717) is 11.6 Å². The molecule has 0 aliphatic carbocycles. The van der Waals surface area contributed by atoms with Gasteiger partial charge in [-0.25, -0.2) is 9.37 Å². The molecule has 0 unspecified atom stereocenters. The largest absolute Gasteiger partial charge is 0.334 e. The van der Waals surface area contributed by atoms with E-state index in [2.05, 4.69) is 15.2 Å². The Balaban J connectivity index is 2.14. The molecule has 0 radical (unpaired) electrons. The van der Waals surface area contributed by atoms with Crippen LogP contribution in [0.3, 0.4) is 0 Å². The van der Waals surface area contributed by atoms with Crippen molar-refractivity contribution in [2.75, 3.05) is 7.05 Å². The average molecular weight is 283 g/mol. The number of carbonyl (C=O) groups excluding carboxylic acids is 1. The first-order valence-electron chi connectivity index (χ1n) is 5.56. The Morgan fingerprint density at radius 1 is 1.53 bits per heavy atom. The zero-order valence-electron chi connectivity index (χ0n) is 10.4. The fourth-order valence-electron chi connectivity index (χ4n) is 1.61. The second-order valence-corrected chi connectivity index (χ2v) is 4.53. The van der Waals surface area contributed by atoms with Crippen LogP contribution in [0.2, 0.25) is 5.02 Å². The minimum atomic E-state index is -0.478. The molecular formula is C12H12ClFN4O. The van der Waals surface area contributed by atoms with Gasteiger partial charge in [-0.3, -0.25) is 9.89 Å². The van der Waals surface area contributed by atoms with E-state index < -0.39 is 5.82 Å². The molecule has 0 aliphatic heterocycles. The normalized spacial score (nSPS) is 10.5. The number of carbonyl (C=O) groups is 1. The number of aromatic nitrogens is 3. The third kappa shape index (κ3) is 3.08. The molecule has 1 aromatic heterocycles. The van der Waals surface area contributed by atoms with Gasteiger partial charge in [-0.15, -0.1) is 0 Å². The van der Waals surface area contributed by atoms with Crippen molar-refractivity contribution in [2.45, 2.75) is 13.5 Å². The molecule has 5 nitrogen and oxygen atoms in total. The highest BCUT2D eigenvalue weighted by Gasteiger charge is 2.17. The van der Waals surface area contributed by atoms with Crippen molar-refractivity contribution in [1.29, 1.82) is 0 Å². The third-order valence-corrected chi connectivity index (χ3v) is 2.84.